The number of benzene rings is 1. The SMILES string of the molecule is COc1nc(C)c(-c2cc(CC#N)c3c(nc4n3CCCN4)c2Cl)c(C)n1. The zero-order valence-corrected chi connectivity index (χ0v) is 16.2. The third-order valence-corrected chi connectivity index (χ3v) is 5.23. The van der Waals surface area contributed by atoms with E-state index in [0.717, 1.165) is 59.1 Å². The number of nitriles is 1. The van der Waals surface area contributed by atoms with Crippen molar-refractivity contribution in [2.45, 2.75) is 33.2 Å². The van der Waals surface area contributed by atoms with Crippen molar-refractivity contribution in [3.63, 3.8) is 0 Å². The molecule has 138 valence electrons. The standard InChI is InChI=1S/C19H19ClN6O/c1-10-14(11(2)24-19(23-10)27-3)13-9-12(5-6-21)17-16(15(13)20)25-18-22-7-4-8-26(17)18/h9H,4-5,7-8H2,1-3H3,(H,22,25). The van der Waals surface area contributed by atoms with Gasteiger partial charge >= 0.3 is 6.01 Å². The molecule has 0 aliphatic carbocycles. The second-order valence-corrected chi connectivity index (χ2v) is 6.93. The molecule has 7 nitrogen and oxygen atoms in total. The van der Waals surface area contributed by atoms with Gasteiger partial charge in [-0.3, -0.25) is 0 Å². The van der Waals surface area contributed by atoms with Crippen molar-refractivity contribution in [1.29, 1.82) is 5.26 Å². The Hall–Kier alpha value is -2.85. The maximum atomic E-state index is 9.36. The van der Waals surface area contributed by atoms with E-state index in [2.05, 4.69) is 25.9 Å². The first kappa shape index (κ1) is 17.6. The van der Waals surface area contributed by atoms with Gasteiger partial charge in [-0.2, -0.15) is 15.2 Å². The normalized spacial score (nSPS) is 13.1. The molecule has 3 aromatic rings. The topological polar surface area (TPSA) is 88.6 Å². The van der Waals surface area contributed by atoms with Gasteiger partial charge in [0, 0.05) is 24.2 Å². The number of imidazole rings is 1. The van der Waals surface area contributed by atoms with Gasteiger partial charge in [0.05, 0.1) is 41.5 Å². The average molecular weight is 383 g/mol. The number of halogens is 1. The average Bonchev–Trinajstić information content (AvgIpc) is 3.05. The van der Waals surface area contributed by atoms with Gasteiger partial charge in [-0.1, -0.05) is 11.6 Å². The van der Waals surface area contributed by atoms with Gasteiger partial charge in [-0.15, -0.1) is 0 Å². The smallest absolute Gasteiger partial charge is 0.316 e. The van der Waals surface area contributed by atoms with Crippen LogP contribution in [0.15, 0.2) is 6.07 Å². The highest BCUT2D eigenvalue weighted by Crippen LogP contribution is 2.40. The maximum Gasteiger partial charge on any atom is 0.316 e. The zero-order chi connectivity index (χ0) is 19.1. The lowest BCUT2D eigenvalue weighted by Gasteiger charge is -2.17. The van der Waals surface area contributed by atoms with E-state index in [1.807, 2.05) is 19.9 Å². The van der Waals surface area contributed by atoms with Gasteiger partial charge < -0.3 is 14.6 Å². The largest absolute Gasteiger partial charge is 0.467 e. The quantitative estimate of drug-likeness (QED) is 0.743. The molecular formula is C19H19ClN6O. The van der Waals surface area contributed by atoms with E-state index in [9.17, 15) is 5.26 Å². The molecule has 0 spiro atoms. The van der Waals surface area contributed by atoms with E-state index in [-0.39, 0.29) is 6.42 Å². The van der Waals surface area contributed by atoms with Gasteiger partial charge in [0.15, 0.2) is 0 Å². The van der Waals surface area contributed by atoms with E-state index in [1.54, 1.807) is 7.11 Å². The Morgan fingerprint density at radius 2 is 2.04 bits per heavy atom. The van der Waals surface area contributed by atoms with Crippen molar-refractivity contribution >= 4 is 28.6 Å². The maximum absolute atomic E-state index is 9.36. The summed E-state index contributed by atoms with van der Waals surface area (Å²) in [7, 11) is 1.54. The van der Waals surface area contributed by atoms with Crippen LogP contribution in [0.5, 0.6) is 6.01 Å². The highest BCUT2D eigenvalue weighted by Gasteiger charge is 2.24. The van der Waals surface area contributed by atoms with Crippen LogP contribution >= 0.6 is 11.6 Å². The third-order valence-electron chi connectivity index (χ3n) is 4.85. The first-order chi connectivity index (χ1) is 13.0. The van der Waals surface area contributed by atoms with Crippen LogP contribution in [0, 0.1) is 25.2 Å². The molecular weight excluding hydrogens is 364 g/mol. The number of hydrogen-bond donors (Lipinski definition) is 1. The van der Waals surface area contributed by atoms with Gasteiger partial charge in [0.25, 0.3) is 0 Å². The van der Waals surface area contributed by atoms with Crippen molar-refractivity contribution < 1.29 is 4.74 Å². The monoisotopic (exact) mass is 382 g/mol. The molecule has 0 atom stereocenters. The zero-order valence-electron chi connectivity index (χ0n) is 15.4. The molecule has 0 bridgehead atoms. The molecule has 1 aliphatic heterocycles. The fourth-order valence-electron chi connectivity index (χ4n) is 3.72. The van der Waals surface area contributed by atoms with Crippen molar-refractivity contribution in [3.05, 3.63) is 28.0 Å². The molecule has 3 heterocycles. The Bertz CT molecular complexity index is 1070. The first-order valence-corrected chi connectivity index (χ1v) is 9.15. The Balaban J connectivity index is 2.03. The molecule has 2 aromatic heterocycles. The number of ether oxygens (including phenoxy) is 1. The number of aryl methyl sites for hydroxylation is 3. The van der Waals surface area contributed by atoms with Crippen LogP contribution in [0.1, 0.15) is 23.4 Å². The van der Waals surface area contributed by atoms with Crippen LogP contribution in [0.25, 0.3) is 22.2 Å². The summed E-state index contributed by atoms with van der Waals surface area (Å²) >= 11 is 6.81. The van der Waals surface area contributed by atoms with Crippen molar-refractivity contribution in [1.82, 2.24) is 19.5 Å². The van der Waals surface area contributed by atoms with E-state index >= 15 is 0 Å². The molecule has 0 fully saturated rings. The number of nitrogens with zero attached hydrogens (tertiary/aromatic N) is 5. The second kappa shape index (κ2) is 6.71. The lowest BCUT2D eigenvalue weighted by molar-refractivity contribution is 0.378. The van der Waals surface area contributed by atoms with E-state index < -0.39 is 0 Å². The van der Waals surface area contributed by atoms with Crippen molar-refractivity contribution in [2.75, 3.05) is 19.0 Å². The Morgan fingerprint density at radius 3 is 2.70 bits per heavy atom. The highest BCUT2D eigenvalue weighted by atomic mass is 35.5. The van der Waals surface area contributed by atoms with E-state index in [0.29, 0.717) is 16.5 Å². The fraction of sp³-hybridized carbons (Fsp3) is 0.368. The van der Waals surface area contributed by atoms with Crippen LogP contribution in [0.2, 0.25) is 5.02 Å². The van der Waals surface area contributed by atoms with E-state index in [1.165, 1.54) is 0 Å². The van der Waals surface area contributed by atoms with Crippen LogP contribution < -0.4 is 10.1 Å². The Labute approximate surface area is 162 Å². The molecule has 0 saturated carbocycles. The van der Waals surface area contributed by atoms with Crippen molar-refractivity contribution in [2.24, 2.45) is 0 Å². The predicted octanol–water partition coefficient (Wildman–Crippen LogP) is 3.65. The third kappa shape index (κ3) is 2.77. The summed E-state index contributed by atoms with van der Waals surface area (Å²) in [6.45, 7) is 5.54. The minimum absolute atomic E-state index is 0.279. The summed E-state index contributed by atoms with van der Waals surface area (Å²) < 4.78 is 7.28. The molecule has 1 N–H and O–H groups in total. The van der Waals surface area contributed by atoms with Gasteiger partial charge in [-0.05, 0) is 31.9 Å². The summed E-state index contributed by atoms with van der Waals surface area (Å²) in [6, 6.07) is 4.56. The number of methoxy groups -OCH3 is 1. The first-order valence-electron chi connectivity index (χ1n) is 8.77. The summed E-state index contributed by atoms with van der Waals surface area (Å²) in [4.78, 5) is 13.5. The minimum atomic E-state index is 0.279. The van der Waals surface area contributed by atoms with Crippen LogP contribution in [0.4, 0.5) is 5.95 Å². The molecule has 1 aromatic carbocycles. The summed E-state index contributed by atoms with van der Waals surface area (Å²) in [6.07, 6.45) is 1.29. The van der Waals surface area contributed by atoms with Gasteiger partial charge in [0.2, 0.25) is 5.95 Å². The highest BCUT2D eigenvalue weighted by molar-refractivity contribution is 6.38. The lowest BCUT2D eigenvalue weighted by atomic mass is 9.98. The minimum Gasteiger partial charge on any atom is -0.467 e. The number of fused-ring (bicyclic) bond motifs is 3. The Kier molecular flexibility index (Phi) is 4.36. The molecule has 4 rings (SSSR count). The molecule has 0 amide bonds. The summed E-state index contributed by atoms with van der Waals surface area (Å²) in [5.74, 6) is 0.800. The predicted molar refractivity (Wildman–Crippen MR) is 104 cm³/mol. The number of aromatic nitrogens is 4. The second-order valence-electron chi connectivity index (χ2n) is 6.55. The number of hydrogen-bond acceptors (Lipinski definition) is 6. The summed E-state index contributed by atoms with van der Waals surface area (Å²) in [5, 5.41) is 13.2. The Morgan fingerprint density at radius 1 is 1.30 bits per heavy atom. The fourth-order valence-corrected chi connectivity index (χ4v) is 4.00. The summed E-state index contributed by atoms with van der Waals surface area (Å²) in [5.41, 5.74) is 5.72. The molecule has 0 unspecified atom stereocenters. The molecule has 0 radical (unpaired) electrons. The number of nitrogens with one attached hydrogen (secondary N) is 1. The van der Waals surface area contributed by atoms with Gasteiger partial charge in [-0.25, -0.2) is 4.98 Å². The molecule has 8 heteroatoms. The van der Waals surface area contributed by atoms with E-state index in [4.69, 9.17) is 21.3 Å². The van der Waals surface area contributed by atoms with Crippen LogP contribution in [-0.2, 0) is 13.0 Å². The van der Waals surface area contributed by atoms with Crippen LogP contribution in [0.3, 0.4) is 0 Å². The lowest BCUT2D eigenvalue weighted by Crippen LogP contribution is -2.17. The van der Waals surface area contributed by atoms with Gasteiger partial charge in [0.1, 0.15) is 5.52 Å². The number of rotatable bonds is 3. The molecule has 27 heavy (non-hydrogen) atoms. The molecule has 1 aliphatic rings. The number of anilines is 1. The molecule has 0 saturated heterocycles. The van der Waals surface area contributed by atoms with Crippen molar-refractivity contribution in [3.8, 4) is 23.2 Å². The van der Waals surface area contributed by atoms with Crippen LogP contribution in [-0.4, -0.2) is 33.2 Å².